The number of carbonyl (C=O) groups is 1. The molecule has 0 unspecified atom stereocenters. The first kappa shape index (κ1) is 15.5. The van der Waals surface area contributed by atoms with Gasteiger partial charge in [0.25, 0.3) is 0 Å². The molecule has 0 aliphatic rings. The van der Waals surface area contributed by atoms with Crippen LogP contribution in [0.25, 0.3) is 0 Å². The van der Waals surface area contributed by atoms with Crippen molar-refractivity contribution >= 4 is 6.09 Å². The maximum absolute atomic E-state index is 11.3. The second kappa shape index (κ2) is 7.76. The molecule has 0 heterocycles. The summed E-state index contributed by atoms with van der Waals surface area (Å²) in [5.41, 5.74) is 3.40. The number of rotatable bonds is 6. The third kappa shape index (κ3) is 8.18. The van der Waals surface area contributed by atoms with Crippen LogP contribution in [-0.2, 0) is 16.2 Å². The lowest BCUT2D eigenvalue weighted by Crippen LogP contribution is -2.36. The Balaban J connectivity index is 2.01. The first-order valence-electron chi connectivity index (χ1n) is 6.33. The first-order chi connectivity index (χ1) is 8.97. The molecule has 5 heteroatoms. The number of hydrogen-bond acceptors (Lipinski definition) is 4. The molecule has 0 fully saturated rings. The largest absolute Gasteiger partial charge is 0.444 e. The van der Waals surface area contributed by atoms with Crippen LogP contribution in [0.1, 0.15) is 26.3 Å². The van der Waals surface area contributed by atoms with E-state index in [0.29, 0.717) is 19.7 Å². The van der Waals surface area contributed by atoms with Crippen LogP contribution in [-0.4, -0.2) is 24.8 Å². The average molecular weight is 266 g/mol. The summed E-state index contributed by atoms with van der Waals surface area (Å²) < 4.78 is 5.09. The molecule has 0 atom stereocenters. The molecule has 2 N–H and O–H groups in total. The monoisotopic (exact) mass is 266 g/mol. The van der Waals surface area contributed by atoms with Crippen LogP contribution < -0.4 is 10.8 Å². The Morgan fingerprint density at radius 1 is 1.16 bits per heavy atom. The average Bonchev–Trinajstić information content (AvgIpc) is 2.32. The zero-order valence-electron chi connectivity index (χ0n) is 11.7. The summed E-state index contributed by atoms with van der Waals surface area (Å²) in [4.78, 5) is 16.6. The number of nitrogens with one attached hydrogen (secondary N) is 2. The number of hydrogen-bond donors (Lipinski definition) is 2. The van der Waals surface area contributed by atoms with Crippen LogP contribution in [0.4, 0.5) is 4.79 Å². The zero-order chi connectivity index (χ0) is 14.1. The first-order valence-corrected chi connectivity index (χ1v) is 6.33. The van der Waals surface area contributed by atoms with Gasteiger partial charge in [-0.25, -0.2) is 10.3 Å². The van der Waals surface area contributed by atoms with Gasteiger partial charge in [0.15, 0.2) is 0 Å². The van der Waals surface area contributed by atoms with E-state index in [-0.39, 0.29) is 0 Å². The molecule has 0 radical (unpaired) electrons. The lowest BCUT2D eigenvalue weighted by molar-refractivity contribution is 0.0265. The zero-order valence-corrected chi connectivity index (χ0v) is 11.7. The van der Waals surface area contributed by atoms with Gasteiger partial charge < -0.3 is 10.1 Å². The topological polar surface area (TPSA) is 59.6 Å². The maximum atomic E-state index is 11.3. The van der Waals surface area contributed by atoms with E-state index in [0.717, 1.165) is 5.56 Å². The fraction of sp³-hybridized carbons (Fsp3) is 0.500. The maximum Gasteiger partial charge on any atom is 0.407 e. The highest BCUT2D eigenvalue weighted by Crippen LogP contribution is 2.05. The number of benzene rings is 1. The van der Waals surface area contributed by atoms with Gasteiger partial charge in [-0.05, 0) is 26.3 Å². The van der Waals surface area contributed by atoms with E-state index in [9.17, 15) is 4.79 Å². The number of alkyl carbamates (subject to hydrolysis) is 1. The molecule has 1 aromatic rings. The van der Waals surface area contributed by atoms with Gasteiger partial charge in [-0.2, -0.15) is 0 Å². The minimum absolute atomic E-state index is 0.419. The van der Waals surface area contributed by atoms with E-state index < -0.39 is 11.7 Å². The third-order valence-electron chi connectivity index (χ3n) is 2.08. The van der Waals surface area contributed by atoms with Crippen molar-refractivity contribution in [2.45, 2.75) is 33.0 Å². The van der Waals surface area contributed by atoms with Gasteiger partial charge in [0, 0.05) is 13.1 Å². The van der Waals surface area contributed by atoms with Gasteiger partial charge >= 0.3 is 6.09 Å². The molecular formula is C14H22N2O3. The molecule has 19 heavy (non-hydrogen) atoms. The highest BCUT2D eigenvalue weighted by atomic mass is 16.6. The Morgan fingerprint density at radius 2 is 1.84 bits per heavy atom. The second-order valence-electron chi connectivity index (χ2n) is 5.10. The molecule has 1 amide bonds. The summed E-state index contributed by atoms with van der Waals surface area (Å²) in [5.74, 6) is 0. The number of hydroxylamine groups is 1. The Kier molecular flexibility index (Phi) is 6.32. The minimum Gasteiger partial charge on any atom is -0.444 e. The van der Waals surface area contributed by atoms with Crippen LogP contribution in [0.2, 0.25) is 0 Å². The molecule has 0 aromatic heterocycles. The van der Waals surface area contributed by atoms with E-state index in [2.05, 4.69) is 10.8 Å². The fourth-order valence-corrected chi connectivity index (χ4v) is 1.31. The van der Waals surface area contributed by atoms with Crippen LogP contribution in [0.15, 0.2) is 30.3 Å². The lowest BCUT2D eigenvalue weighted by atomic mass is 10.2. The van der Waals surface area contributed by atoms with Gasteiger partial charge in [0.05, 0.1) is 6.61 Å². The Morgan fingerprint density at radius 3 is 2.47 bits per heavy atom. The van der Waals surface area contributed by atoms with Crippen molar-refractivity contribution in [3.8, 4) is 0 Å². The minimum atomic E-state index is -0.471. The Bertz CT molecular complexity index is 374. The van der Waals surface area contributed by atoms with E-state index >= 15 is 0 Å². The van der Waals surface area contributed by atoms with Gasteiger partial charge in [0.2, 0.25) is 0 Å². The second-order valence-corrected chi connectivity index (χ2v) is 5.10. The summed E-state index contributed by atoms with van der Waals surface area (Å²) in [6.45, 7) is 6.94. The third-order valence-corrected chi connectivity index (χ3v) is 2.08. The van der Waals surface area contributed by atoms with Gasteiger partial charge in [-0.3, -0.25) is 4.84 Å². The fourth-order valence-electron chi connectivity index (χ4n) is 1.31. The molecule has 0 aliphatic heterocycles. The van der Waals surface area contributed by atoms with Crippen molar-refractivity contribution in [1.29, 1.82) is 0 Å². The molecule has 106 valence electrons. The highest BCUT2D eigenvalue weighted by Gasteiger charge is 2.15. The van der Waals surface area contributed by atoms with Crippen LogP contribution >= 0.6 is 0 Å². The summed E-state index contributed by atoms with van der Waals surface area (Å²) in [5, 5.41) is 2.63. The number of carbonyl (C=O) groups excluding carboxylic acids is 1. The smallest absolute Gasteiger partial charge is 0.407 e. The molecule has 5 nitrogen and oxygen atoms in total. The predicted molar refractivity (Wildman–Crippen MR) is 73.5 cm³/mol. The van der Waals surface area contributed by atoms with Crippen molar-refractivity contribution in [2.75, 3.05) is 13.1 Å². The standard InChI is InChI=1S/C14H22N2O3/c1-14(2,3)19-13(17)15-9-10-16-18-11-12-7-5-4-6-8-12/h4-8,16H,9-11H2,1-3H3,(H,15,17). The van der Waals surface area contributed by atoms with Gasteiger partial charge in [-0.15, -0.1) is 0 Å². The molecule has 0 saturated heterocycles. The summed E-state index contributed by atoms with van der Waals surface area (Å²) in [7, 11) is 0. The van der Waals surface area contributed by atoms with E-state index in [4.69, 9.17) is 9.57 Å². The van der Waals surface area contributed by atoms with Crippen LogP contribution in [0, 0.1) is 0 Å². The van der Waals surface area contributed by atoms with Crippen molar-refractivity contribution in [2.24, 2.45) is 0 Å². The van der Waals surface area contributed by atoms with Crippen LogP contribution in [0.5, 0.6) is 0 Å². The van der Waals surface area contributed by atoms with Crippen molar-refractivity contribution in [1.82, 2.24) is 10.8 Å². The number of ether oxygens (including phenoxy) is 1. The summed E-state index contributed by atoms with van der Waals surface area (Å²) >= 11 is 0. The lowest BCUT2D eigenvalue weighted by Gasteiger charge is -2.19. The van der Waals surface area contributed by atoms with Gasteiger partial charge in [0.1, 0.15) is 5.60 Å². The van der Waals surface area contributed by atoms with Crippen molar-refractivity contribution in [3.63, 3.8) is 0 Å². The van der Waals surface area contributed by atoms with E-state index in [1.165, 1.54) is 0 Å². The van der Waals surface area contributed by atoms with E-state index in [1.54, 1.807) is 0 Å². The van der Waals surface area contributed by atoms with E-state index in [1.807, 2.05) is 51.1 Å². The van der Waals surface area contributed by atoms with Crippen LogP contribution in [0.3, 0.4) is 0 Å². The Labute approximate surface area is 114 Å². The normalized spacial score (nSPS) is 11.1. The molecule has 1 aromatic carbocycles. The summed E-state index contributed by atoms with van der Waals surface area (Å²) in [6.07, 6.45) is -0.419. The molecule has 1 rings (SSSR count). The highest BCUT2D eigenvalue weighted by molar-refractivity contribution is 5.67. The SMILES string of the molecule is CC(C)(C)OC(=O)NCCNOCc1ccccc1. The van der Waals surface area contributed by atoms with Crippen molar-refractivity contribution < 1.29 is 14.4 Å². The molecular weight excluding hydrogens is 244 g/mol. The molecule has 0 bridgehead atoms. The van der Waals surface area contributed by atoms with Crippen molar-refractivity contribution in [3.05, 3.63) is 35.9 Å². The predicted octanol–water partition coefficient (Wildman–Crippen LogP) is 2.23. The molecule has 0 saturated carbocycles. The summed E-state index contributed by atoms with van der Waals surface area (Å²) in [6, 6.07) is 9.86. The van der Waals surface area contributed by atoms with Gasteiger partial charge in [-0.1, -0.05) is 30.3 Å². The Hall–Kier alpha value is -1.59. The molecule has 0 aliphatic carbocycles. The molecule has 0 spiro atoms. The number of amides is 1. The quantitative estimate of drug-likeness (QED) is 0.612.